The number of fused-ring (bicyclic) bond motifs is 1. The number of carbonyl (C=O) groups is 1. The number of benzene rings is 3. The standard InChI is InChI=1S/C28H23FN4O6/c29-24-6-1-2-7-25(24)39-17-26(34)31-28(19-10-14-22(15-11-19)33(37)38)23-5-3-4-20(27(23)30-31)16-18-8-12-21(13-9-18)32(35)36/h1-2,6-16,23,28H,3-5,17H2/b20-16+. The van der Waals surface area contributed by atoms with Gasteiger partial charge in [0, 0.05) is 30.2 Å². The second-order valence-corrected chi connectivity index (χ2v) is 9.25. The number of hydrogen-bond acceptors (Lipinski definition) is 7. The fraction of sp³-hybridized carbons (Fsp3) is 0.214. The Balaban J connectivity index is 1.47. The van der Waals surface area contributed by atoms with E-state index in [0.29, 0.717) is 17.7 Å². The van der Waals surface area contributed by atoms with Crippen molar-refractivity contribution in [1.82, 2.24) is 5.01 Å². The van der Waals surface area contributed by atoms with E-state index in [2.05, 4.69) is 0 Å². The average Bonchev–Trinajstić information content (AvgIpc) is 3.33. The lowest BCUT2D eigenvalue weighted by Crippen LogP contribution is -2.34. The Kier molecular flexibility index (Phi) is 7.13. The zero-order chi connectivity index (χ0) is 27.5. The third kappa shape index (κ3) is 5.37. The predicted octanol–water partition coefficient (Wildman–Crippen LogP) is 5.84. The first-order valence-electron chi connectivity index (χ1n) is 12.3. The van der Waals surface area contributed by atoms with Gasteiger partial charge in [0.25, 0.3) is 17.3 Å². The van der Waals surface area contributed by atoms with Crippen molar-refractivity contribution >= 4 is 29.1 Å². The Labute approximate surface area is 222 Å². The number of para-hydroxylation sites is 1. The van der Waals surface area contributed by atoms with Gasteiger partial charge in [-0.15, -0.1) is 0 Å². The third-order valence-corrected chi connectivity index (χ3v) is 6.84. The molecule has 198 valence electrons. The summed E-state index contributed by atoms with van der Waals surface area (Å²) in [5, 5.41) is 28.2. The summed E-state index contributed by atoms with van der Waals surface area (Å²) < 4.78 is 19.5. The maximum atomic E-state index is 14.1. The van der Waals surface area contributed by atoms with E-state index in [9.17, 15) is 29.4 Å². The fourth-order valence-electron chi connectivity index (χ4n) is 4.99. The number of rotatable bonds is 7. The number of allylic oxidation sites excluding steroid dienone is 1. The van der Waals surface area contributed by atoms with Gasteiger partial charge in [-0.1, -0.05) is 24.3 Å². The van der Waals surface area contributed by atoms with Gasteiger partial charge in [0.1, 0.15) is 0 Å². The highest BCUT2D eigenvalue weighted by Gasteiger charge is 2.44. The van der Waals surface area contributed by atoms with Crippen LogP contribution in [0.5, 0.6) is 5.75 Å². The molecular weight excluding hydrogens is 507 g/mol. The SMILES string of the molecule is O=C(COc1ccccc1F)N1N=C2/C(=C/c3ccc([N+](=O)[O-])cc3)CCCC2C1c1ccc([N+](=O)[O-])cc1. The molecule has 10 nitrogen and oxygen atoms in total. The topological polar surface area (TPSA) is 128 Å². The molecule has 1 heterocycles. The summed E-state index contributed by atoms with van der Waals surface area (Å²) >= 11 is 0. The maximum Gasteiger partial charge on any atom is 0.281 e. The van der Waals surface area contributed by atoms with Gasteiger partial charge < -0.3 is 4.74 Å². The van der Waals surface area contributed by atoms with Gasteiger partial charge in [-0.25, -0.2) is 9.40 Å². The first-order chi connectivity index (χ1) is 18.8. The Morgan fingerprint density at radius 2 is 1.64 bits per heavy atom. The molecule has 3 aromatic rings. The number of carbonyl (C=O) groups excluding carboxylic acids is 1. The Bertz CT molecular complexity index is 1490. The first kappa shape index (κ1) is 25.7. The summed E-state index contributed by atoms with van der Waals surface area (Å²) in [7, 11) is 0. The molecule has 0 spiro atoms. The molecule has 2 unspecified atom stereocenters. The number of hydrogen-bond donors (Lipinski definition) is 0. The normalized spacial score (nSPS) is 19.4. The predicted molar refractivity (Wildman–Crippen MR) is 140 cm³/mol. The lowest BCUT2D eigenvalue weighted by molar-refractivity contribution is -0.385. The molecule has 0 aromatic heterocycles. The quantitative estimate of drug-likeness (QED) is 0.279. The molecule has 11 heteroatoms. The summed E-state index contributed by atoms with van der Waals surface area (Å²) in [6, 6.07) is 17.4. The summed E-state index contributed by atoms with van der Waals surface area (Å²) in [5.41, 5.74) is 2.97. The number of amides is 1. The van der Waals surface area contributed by atoms with Gasteiger partial charge >= 0.3 is 0 Å². The number of nitro groups is 2. The second-order valence-electron chi connectivity index (χ2n) is 9.25. The van der Waals surface area contributed by atoms with Crippen molar-refractivity contribution in [1.29, 1.82) is 0 Å². The number of nitrogens with zero attached hydrogens (tertiary/aromatic N) is 4. The number of nitro benzene ring substituents is 2. The van der Waals surface area contributed by atoms with Crippen LogP contribution in [0, 0.1) is 32.0 Å². The van der Waals surface area contributed by atoms with Crippen LogP contribution in [0.1, 0.15) is 36.4 Å². The number of halogens is 1. The van der Waals surface area contributed by atoms with E-state index in [1.54, 1.807) is 30.3 Å². The molecule has 1 saturated carbocycles. The highest BCUT2D eigenvalue weighted by Crippen LogP contribution is 2.44. The van der Waals surface area contributed by atoms with E-state index in [4.69, 9.17) is 9.84 Å². The summed E-state index contributed by atoms with van der Waals surface area (Å²) in [4.78, 5) is 34.6. The van der Waals surface area contributed by atoms with Crippen molar-refractivity contribution in [3.63, 3.8) is 0 Å². The smallest absolute Gasteiger partial charge is 0.281 e. The van der Waals surface area contributed by atoms with Crippen molar-refractivity contribution < 1.29 is 23.8 Å². The van der Waals surface area contributed by atoms with Crippen molar-refractivity contribution in [3.05, 3.63) is 116 Å². The molecule has 2 aliphatic rings. The van der Waals surface area contributed by atoms with Crippen LogP contribution < -0.4 is 4.74 Å². The van der Waals surface area contributed by atoms with Crippen LogP contribution in [0.15, 0.2) is 83.5 Å². The minimum atomic E-state index is -0.591. The number of hydrazone groups is 1. The van der Waals surface area contributed by atoms with Gasteiger partial charge in [0.15, 0.2) is 18.2 Å². The van der Waals surface area contributed by atoms with Crippen LogP contribution in [0.4, 0.5) is 15.8 Å². The van der Waals surface area contributed by atoms with Gasteiger partial charge in [-0.2, -0.15) is 5.10 Å². The van der Waals surface area contributed by atoms with E-state index in [-0.39, 0.29) is 23.0 Å². The summed E-state index contributed by atoms with van der Waals surface area (Å²) in [6.07, 6.45) is 4.16. The highest BCUT2D eigenvalue weighted by molar-refractivity contribution is 6.08. The summed E-state index contributed by atoms with van der Waals surface area (Å²) in [5.74, 6) is -1.31. The van der Waals surface area contributed by atoms with Gasteiger partial charge in [0.05, 0.1) is 21.6 Å². The molecule has 0 N–H and O–H groups in total. The molecule has 3 aromatic carbocycles. The van der Waals surface area contributed by atoms with Crippen molar-refractivity contribution in [2.24, 2.45) is 11.0 Å². The third-order valence-electron chi connectivity index (χ3n) is 6.84. The van der Waals surface area contributed by atoms with Crippen LogP contribution in [-0.4, -0.2) is 33.1 Å². The largest absolute Gasteiger partial charge is 0.481 e. The summed E-state index contributed by atoms with van der Waals surface area (Å²) in [6.45, 7) is -0.449. The van der Waals surface area contributed by atoms with E-state index in [0.717, 1.165) is 24.0 Å². The first-order valence-corrected chi connectivity index (χ1v) is 12.3. The minimum Gasteiger partial charge on any atom is -0.481 e. The lowest BCUT2D eigenvalue weighted by Gasteiger charge is -2.29. The van der Waals surface area contributed by atoms with Crippen molar-refractivity contribution in [2.45, 2.75) is 25.3 Å². The van der Waals surface area contributed by atoms with Crippen LogP contribution in [-0.2, 0) is 4.79 Å². The molecule has 0 bridgehead atoms. The maximum absolute atomic E-state index is 14.1. The molecule has 5 rings (SSSR count). The Morgan fingerprint density at radius 3 is 2.28 bits per heavy atom. The van der Waals surface area contributed by atoms with Crippen LogP contribution >= 0.6 is 0 Å². The van der Waals surface area contributed by atoms with Crippen molar-refractivity contribution in [2.75, 3.05) is 6.61 Å². The lowest BCUT2D eigenvalue weighted by atomic mass is 9.77. The second kappa shape index (κ2) is 10.8. The number of ether oxygens (including phenoxy) is 1. The molecule has 1 fully saturated rings. The monoisotopic (exact) mass is 530 g/mol. The molecule has 1 aliphatic heterocycles. The van der Waals surface area contributed by atoms with Gasteiger partial charge in [0.2, 0.25) is 0 Å². The molecule has 39 heavy (non-hydrogen) atoms. The van der Waals surface area contributed by atoms with Crippen LogP contribution in [0.3, 0.4) is 0 Å². The average molecular weight is 531 g/mol. The molecule has 1 amide bonds. The fourth-order valence-corrected chi connectivity index (χ4v) is 4.99. The van der Waals surface area contributed by atoms with Crippen LogP contribution in [0.2, 0.25) is 0 Å². The molecule has 0 radical (unpaired) electrons. The Morgan fingerprint density at radius 1 is 1.00 bits per heavy atom. The molecule has 1 aliphatic carbocycles. The van der Waals surface area contributed by atoms with Gasteiger partial charge in [-0.05, 0) is 66.3 Å². The zero-order valence-corrected chi connectivity index (χ0v) is 20.6. The molecular formula is C28H23FN4O6. The van der Waals surface area contributed by atoms with Crippen LogP contribution in [0.25, 0.3) is 6.08 Å². The van der Waals surface area contributed by atoms with Crippen molar-refractivity contribution in [3.8, 4) is 5.75 Å². The van der Waals surface area contributed by atoms with E-state index < -0.39 is 34.2 Å². The van der Waals surface area contributed by atoms with E-state index in [1.807, 2.05) is 6.08 Å². The van der Waals surface area contributed by atoms with E-state index in [1.165, 1.54) is 47.5 Å². The Hall–Kier alpha value is -4.93. The zero-order valence-electron chi connectivity index (χ0n) is 20.6. The molecule has 2 atom stereocenters. The van der Waals surface area contributed by atoms with Gasteiger partial charge in [-0.3, -0.25) is 25.0 Å². The molecule has 0 saturated heterocycles. The minimum absolute atomic E-state index is 0.0123. The highest BCUT2D eigenvalue weighted by atomic mass is 19.1. The number of non-ortho nitro benzene ring substituents is 2. The van der Waals surface area contributed by atoms with E-state index >= 15 is 0 Å².